The van der Waals surface area contributed by atoms with E-state index in [0.29, 0.717) is 6.42 Å². The Bertz CT molecular complexity index is 1540. The molecule has 3 aromatic carbocycles. The summed E-state index contributed by atoms with van der Waals surface area (Å²) < 4.78 is 17.8. The van der Waals surface area contributed by atoms with Gasteiger partial charge in [-0.2, -0.15) is 0 Å². The lowest BCUT2D eigenvalue weighted by Gasteiger charge is -2.36. The summed E-state index contributed by atoms with van der Waals surface area (Å²) >= 11 is 1.66. The molecule has 2 heterocycles. The van der Waals surface area contributed by atoms with Gasteiger partial charge in [-0.3, -0.25) is 4.79 Å². The Morgan fingerprint density at radius 2 is 1.69 bits per heavy atom. The molecule has 0 aliphatic carbocycles. The van der Waals surface area contributed by atoms with E-state index >= 15 is 0 Å². The van der Waals surface area contributed by atoms with Crippen LogP contribution in [-0.4, -0.2) is 47.1 Å². The number of rotatable bonds is 12. The second kappa shape index (κ2) is 16.2. The molecule has 5 rings (SSSR count). The molecule has 0 saturated carbocycles. The minimum atomic E-state index is -0.565. The predicted molar refractivity (Wildman–Crippen MR) is 172 cm³/mol. The van der Waals surface area contributed by atoms with Gasteiger partial charge in [0.1, 0.15) is 6.54 Å². The molecule has 10 heteroatoms. The fraction of sp³-hybridized carbons (Fsp3) is 0.286. The van der Waals surface area contributed by atoms with Crippen LogP contribution in [0.4, 0.5) is 4.79 Å². The number of nitrogens with zero attached hydrogens (tertiary/aromatic N) is 1. The van der Waals surface area contributed by atoms with Gasteiger partial charge in [-0.15, -0.1) is 11.8 Å². The lowest BCUT2D eigenvalue weighted by atomic mass is 9.98. The van der Waals surface area contributed by atoms with Gasteiger partial charge in [0.05, 0.1) is 30.4 Å². The molecule has 0 radical (unpaired) electrons. The zero-order chi connectivity index (χ0) is 31.4. The molecular formula is C35H37N3O6S. The molecule has 4 aromatic rings. The van der Waals surface area contributed by atoms with Crippen LogP contribution in [0, 0.1) is 0 Å². The molecule has 1 aliphatic rings. The molecule has 0 bridgehead atoms. The Balaban J connectivity index is 1.28. The Hall–Kier alpha value is -4.22. The molecule has 1 saturated heterocycles. The summed E-state index contributed by atoms with van der Waals surface area (Å²) in [5, 5.41) is 15.8. The Kier molecular flexibility index (Phi) is 11.6. The zero-order valence-corrected chi connectivity index (χ0v) is 25.9. The number of hydrogen-bond donors (Lipinski definition) is 3. The molecule has 9 nitrogen and oxygen atoms in total. The summed E-state index contributed by atoms with van der Waals surface area (Å²) in [5.41, 5.74) is 5.69. The number of aromatic nitrogens is 1. The van der Waals surface area contributed by atoms with E-state index in [1.807, 2.05) is 91.0 Å². The first-order valence-electron chi connectivity index (χ1n) is 14.9. The van der Waals surface area contributed by atoms with Crippen LogP contribution in [0.2, 0.25) is 0 Å². The highest BCUT2D eigenvalue weighted by Crippen LogP contribution is 2.40. The van der Waals surface area contributed by atoms with Gasteiger partial charge >= 0.3 is 12.0 Å². The van der Waals surface area contributed by atoms with E-state index < -0.39 is 18.3 Å². The van der Waals surface area contributed by atoms with Gasteiger partial charge in [-0.1, -0.05) is 78.9 Å². The summed E-state index contributed by atoms with van der Waals surface area (Å²) in [6.45, 7) is 2.07. The van der Waals surface area contributed by atoms with Crippen molar-refractivity contribution in [1.29, 1.82) is 0 Å². The minimum Gasteiger partial charge on any atom is -0.465 e. The fourth-order valence-electron chi connectivity index (χ4n) is 5.01. The van der Waals surface area contributed by atoms with Gasteiger partial charge in [-0.25, -0.2) is 9.78 Å². The van der Waals surface area contributed by atoms with Crippen LogP contribution in [0.25, 0.3) is 11.1 Å². The summed E-state index contributed by atoms with van der Waals surface area (Å²) in [5.74, 6) is 0.247. The van der Waals surface area contributed by atoms with Crippen LogP contribution in [0.3, 0.4) is 0 Å². The molecule has 1 aromatic heterocycles. The summed E-state index contributed by atoms with van der Waals surface area (Å²) in [6.07, 6.45) is 1.68. The van der Waals surface area contributed by atoms with Crippen molar-refractivity contribution in [1.82, 2.24) is 15.6 Å². The Labute approximate surface area is 267 Å². The normalized spacial score (nSPS) is 17.8. The number of carbonyl (C=O) groups excluding carboxylic acids is 2. The van der Waals surface area contributed by atoms with Crippen LogP contribution in [0.15, 0.2) is 102 Å². The van der Waals surface area contributed by atoms with E-state index in [4.69, 9.17) is 14.2 Å². The quantitative estimate of drug-likeness (QED) is 0.130. The standard InChI is InChI=1S/C35H37N3O6S/c1-2-42-33(40)21-38-35(41)37-20-28-7-3-4-8-30(28)25-14-16-27(17-15-25)34-43-29(23-45-32-9-5-6-18-36-32)19-31(44-34)26-12-10-24(22-39)11-13-26/h3-18,29,31,34,39H,2,19-23H2,1H3,(H2,37,38,41). The smallest absolute Gasteiger partial charge is 0.325 e. The number of thioether (sulfide) groups is 1. The summed E-state index contributed by atoms with van der Waals surface area (Å²) in [6, 6.07) is 29.2. The van der Waals surface area contributed by atoms with Crippen molar-refractivity contribution in [2.75, 3.05) is 18.9 Å². The van der Waals surface area contributed by atoms with Gasteiger partial charge in [0.2, 0.25) is 0 Å². The third-order valence-corrected chi connectivity index (χ3v) is 8.39. The van der Waals surface area contributed by atoms with Gasteiger partial charge in [0.15, 0.2) is 6.29 Å². The molecular weight excluding hydrogens is 590 g/mol. The molecule has 1 fully saturated rings. The van der Waals surface area contributed by atoms with Crippen LogP contribution in [-0.2, 0) is 32.2 Å². The van der Waals surface area contributed by atoms with E-state index in [1.54, 1.807) is 24.9 Å². The van der Waals surface area contributed by atoms with Gasteiger partial charge < -0.3 is 30.0 Å². The van der Waals surface area contributed by atoms with E-state index in [1.165, 1.54) is 0 Å². The topological polar surface area (TPSA) is 119 Å². The first-order chi connectivity index (χ1) is 22.0. The number of urea groups is 1. The molecule has 234 valence electrons. The predicted octanol–water partition coefficient (Wildman–Crippen LogP) is 5.94. The largest absolute Gasteiger partial charge is 0.465 e. The first kappa shape index (κ1) is 32.2. The highest BCUT2D eigenvalue weighted by molar-refractivity contribution is 7.99. The molecule has 2 amide bonds. The molecule has 3 N–H and O–H groups in total. The lowest BCUT2D eigenvalue weighted by molar-refractivity contribution is -0.245. The maximum atomic E-state index is 12.2. The number of aliphatic hydroxyl groups excluding tert-OH is 1. The van der Waals surface area contributed by atoms with Crippen molar-refractivity contribution in [3.63, 3.8) is 0 Å². The fourth-order valence-corrected chi connectivity index (χ4v) is 5.89. The second-order valence-electron chi connectivity index (χ2n) is 10.4. The number of esters is 1. The number of amides is 2. The Morgan fingerprint density at radius 1 is 0.933 bits per heavy atom. The first-order valence-corrected chi connectivity index (χ1v) is 15.9. The van der Waals surface area contributed by atoms with Crippen LogP contribution in [0.1, 0.15) is 48.0 Å². The van der Waals surface area contributed by atoms with E-state index in [2.05, 4.69) is 15.6 Å². The van der Waals surface area contributed by atoms with E-state index in [-0.39, 0.29) is 38.5 Å². The lowest BCUT2D eigenvalue weighted by Crippen LogP contribution is -2.38. The molecule has 0 spiro atoms. The summed E-state index contributed by atoms with van der Waals surface area (Å²) in [7, 11) is 0. The maximum Gasteiger partial charge on any atom is 0.325 e. The third kappa shape index (κ3) is 9.15. The SMILES string of the molecule is CCOC(=O)CNC(=O)NCc1ccccc1-c1ccc(C2OC(CSc3ccccn3)CC(c3ccc(CO)cc3)O2)cc1. The van der Waals surface area contributed by atoms with Crippen molar-refractivity contribution in [3.8, 4) is 11.1 Å². The number of aliphatic hydroxyl groups is 1. The van der Waals surface area contributed by atoms with Crippen molar-refractivity contribution in [2.45, 2.75) is 50.0 Å². The monoisotopic (exact) mass is 627 g/mol. The number of hydrogen-bond acceptors (Lipinski definition) is 8. The van der Waals surface area contributed by atoms with Gasteiger partial charge in [0.25, 0.3) is 0 Å². The second-order valence-corrected chi connectivity index (χ2v) is 11.5. The van der Waals surface area contributed by atoms with Crippen LogP contribution in [0.5, 0.6) is 0 Å². The van der Waals surface area contributed by atoms with Gasteiger partial charge in [0, 0.05) is 30.5 Å². The number of carbonyl (C=O) groups is 2. The van der Waals surface area contributed by atoms with E-state index in [0.717, 1.165) is 44.2 Å². The summed E-state index contributed by atoms with van der Waals surface area (Å²) in [4.78, 5) is 28.2. The molecule has 1 aliphatic heterocycles. The number of ether oxygens (including phenoxy) is 3. The zero-order valence-electron chi connectivity index (χ0n) is 25.1. The highest BCUT2D eigenvalue weighted by Gasteiger charge is 2.32. The van der Waals surface area contributed by atoms with Crippen LogP contribution >= 0.6 is 11.8 Å². The van der Waals surface area contributed by atoms with Crippen LogP contribution < -0.4 is 10.6 Å². The highest BCUT2D eigenvalue weighted by atomic mass is 32.2. The van der Waals surface area contributed by atoms with Crippen molar-refractivity contribution >= 4 is 23.8 Å². The molecule has 45 heavy (non-hydrogen) atoms. The number of benzene rings is 3. The Morgan fingerprint density at radius 3 is 2.42 bits per heavy atom. The van der Waals surface area contributed by atoms with Crippen molar-refractivity contribution < 1.29 is 28.9 Å². The maximum absolute atomic E-state index is 12.2. The molecule has 3 unspecified atom stereocenters. The average Bonchev–Trinajstić information content (AvgIpc) is 3.09. The van der Waals surface area contributed by atoms with Crippen molar-refractivity contribution in [3.05, 3.63) is 119 Å². The number of pyridine rings is 1. The molecule has 3 atom stereocenters. The van der Waals surface area contributed by atoms with Crippen molar-refractivity contribution in [2.24, 2.45) is 0 Å². The average molecular weight is 628 g/mol. The van der Waals surface area contributed by atoms with E-state index in [9.17, 15) is 14.7 Å². The third-order valence-electron chi connectivity index (χ3n) is 7.32. The van der Waals surface area contributed by atoms with Gasteiger partial charge in [-0.05, 0) is 46.9 Å². The number of nitrogens with one attached hydrogen (secondary N) is 2. The minimum absolute atomic E-state index is 0.00486.